The van der Waals surface area contributed by atoms with Crippen LogP contribution in [0.4, 0.5) is 15.8 Å². The van der Waals surface area contributed by atoms with E-state index >= 15 is 0 Å². The number of nitro benzene ring substituents is 1. The average Bonchev–Trinajstić information content (AvgIpc) is 2.56. The number of nitro groups is 1. The number of halogens is 1. The Balaban J connectivity index is 1.98. The topological polar surface area (TPSA) is 101 Å². The molecule has 7 nitrogen and oxygen atoms in total. The van der Waals surface area contributed by atoms with Gasteiger partial charge in [-0.25, -0.2) is 4.39 Å². The number of anilines is 1. The zero-order valence-electron chi connectivity index (χ0n) is 12.7. The molecule has 0 saturated heterocycles. The number of non-ortho nitro benzene ring substituents is 1. The summed E-state index contributed by atoms with van der Waals surface area (Å²) in [5.41, 5.74) is 0.425. The first-order chi connectivity index (χ1) is 11.4. The van der Waals surface area contributed by atoms with E-state index in [2.05, 4.69) is 10.6 Å². The maximum Gasteiger partial charge on any atom is 0.270 e. The predicted molar refractivity (Wildman–Crippen MR) is 85.2 cm³/mol. The minimum atomic E-state index is -0.640. The van der Waals surface area contributed by atoms with Crippen LogP contribution in [0.1, 0.15) is 15.9 Å². The Morgan fingerprint density at radius 3 is 2.58 bits per heavy atom. The fraction of sp³-hybridized carbons (Fsp3) is 0.125. The van der Waals surface area contributed by atoms with E-state index in [0.717, 1.165) is 6.07 Å². The van der Waals surface area contributed by atoms with Gasteiger partial charge in [-0.1, -0.05) is 18.2 Å². The summed E-state index contributed by atoms with van der Waals surface area (Å²) in [6, 6.07) is 9.49. The number of para-hydroxylation sites is 1. The quantitative estimate of drug-likeness (QED) is 0.649. The zero-order valence-corrected chi connectivity index (χ0v) is 12.7. The van der Waals surface area contributed by atoms with Crippen molar-refractivity contribution in [2.45, 2.75) is 6.92 Å². The molecule has 2 amide bonds. The molecule has 0 aliphatic carbocycles. The van der Waals surface area contributed by atoms with Gasteiger partial charge in [-0.05, 0) is 24.6 Å². The van der Waals surface area contributed by atoms with Gasteiger partial charge >= 0.3 is 0 Å². The van der Waals surface area contributed by atoms with Crippen molar-refractivity contribution >= 4 is 23.2 Å². The molecular formula is C16H14FN3O4. The highest BCUT2D eigenvalue weighted by Crippen LogP contribution is 2.18. The Hall–Kier alpha value is -3.29. The number of nitrogens with zero attached hydrogens (tertiary/aromatic N) is 1. The van der Waals surface area contributed by atoms with E-state index in [1.54, 1.807) is 13.0 Å². The van der Waals surface area contributed by atoms with Crippen LogP contribution in [0, 0.1) is 22.9 Å². The van der Waals surface area contributed by atoms with E-state index in [1.807, 2.05) is 0 Å². The van der Waals surface area contributed by atoms with Crippen LogP contribution in [0.25, 0.3) is 0 Å². The molecule has 124 valence electrons. The number of aryl methyl sites for hydroxylation is 1. The molecule has 0 aromatic heterocycles. The molecule has 2 rings (SSSR count). The van der Waals surface area contributed by atoms with Crippen LogP contribution < -0.4 is 10.6 Å². The highest BCUT2D eigenvalue weighted by molar-refractivity contribution is 5.99. The SMILES string of the molecule is Cc1cccc(F)c1NC(=O)CNC(=O)c1cccc([N+](=O)[O-])c1. The van der Waals surface area contributed by atoms with Crippen LogP contribution in [0.2, 0.25) is 0 Å². The zero-order chi connectivity index (χ0) is 17.7. The maximum absolute atomic E-state index is 13.6. The highest BCUT2D eigenvalue weighted by Gasteiger charge is 2.14. The smallest absolute Gasteiger partial charge is 0.270 e. The predicted octanol–water partition coefficient (Wildman–Crippen LogP) is 2.41. The Morgan fingerprint density at radius 2 is 1.92 bits per heavy atom. The Labute approximate surface area is 136 Å². The molecule has 0 aliphatic rings. The third-order valence-corrected chi connectivity index (χ3v) is 3.22. The minimum absolute atomic E-state index is 0.0482. The van der Waals surface area contributed by atoms with E-state index in [9.17, 15) is 24.1 Å². The summed E-state index contributed by atoms with van der Waals surface area (Å²) in [4.78, 5) is 33.8. The lowest BCUT2D eigenvalue weighted by molar-refractivity contribution is -0.384. The molecule has 2 aromatic rings. The number of hydrogen-bond acceptors (Lipinski definition) is 4. The number of nitrogens with one attached hydrogen (secondary N) is 2. The van der Waals surface area contributed by atoms with Crippen molar-refractivity contribution in [1.82, 2.24) is 5.32 Å². The maximum atomic E-state index is 13.6. The van der Waals surface area contributed by atoms with Gasteiger partial charge in [-0.2, -0.15) is 0 Å². The summed E-state index contributed by atoms with van der Waals surface area (Å²) < 4.78 is 13.6. The molecule has 0 spiro atoms. The largest absolute Gasteiger partial charge is 0.343 e. The molecule has 2 aromatic carbocycles. The van der Waals surface area contributed by atoms with E-state index < -0.39 is 29.1 Å². The molecule has 0 heterocycles. The fourth-order valence-corrected chi connectivity index (χ4v) is 2.00. The molecule has 24 heavy (non-hydrogen) atoms. The highest BCUT2D eigenvalue weighted by atomic mass is 19.1. The van der Waals surface area contributed by atoms with Gasteiger partial charge in [0, 0.05) is 17.7 Å². The second-order valence-corrected chi connectivity index (χ2v) is 4.97. The fourth-order valence-electron chi connectivity index (χ4n) is 2.00. The van der Waals surface area contributed by atoms with Gasteiger partial charge in [0.05, 0.1) is 17.2 Å². The van der Waals surface area contributed by atoms with Gasteiger partial charge in [0.25, 0.3) is 11.6 Å². The molecule has 0 fully saturated rings. The van der Waals surface area contributed by atoms with Crippen molar-refractivity contribution in [3.8, 4) is 0 Å². The molecule has 0 saturated carbocycles. The Morgan fingerprint density at radius 1 is 1.21 bits per heavy atom. The van der Waals surface area contributed by atoms with Crippen molar-refractivity contribution in [3.63, 3.8) is 0 Å². The van der Waals surface area contributed by atoms with Crippen molar-refractivity contribution in [2.75, 3.05) is 11.9 Å². The standard InChI is InChI=1S/C16H14FN3O4/c1-10-4-2-7-13(17)15(10)19-14(21)9-18-16(22)11-5-3-6-12(8-11)20(23)24/h2-8H,9H2,1H3,(H,18,22)(H,19,21). The molecule has 2 N–H and O–H groups in total. The van der Waals surface area contributed by atoms with Gasteiger partial charge in [-0.3, -0.25) is 19.7 Å². The second-order valence-electron chi connectivity index (χ2n) is 4.97. The number of hydrogen-bond donors (Lipinski definition) is 2. The van der Waals surface area contributed by atoms with Crippen molar-refractivity contribution in [1.29, 1.82) is 0 Å². The van der Waals surface area contributed by atoms with Gasteiger partial charge in [-0.15, -0.1) is 0 Å². The number of rotatable bonds is 5. The molecule has 8 heteroatoms. The molecule has 0 atom stereocenters. The Bertz CT molecular complexity index is 787. The summed E-state index contributed by atoms with van der Waals surface area (Å²) in [5.74, 6) is -1.82. The summed E-state index contributed by atoms with van der Waals surface area (Å²) in [6.07, 6.45) is 0. The number of carbonyl (C=O) groups is 2. The van der Waals surface area contributed by atoms with Crippen LogP contribution >= 0.6 is 0 Å². The van der Waals surface area contributed by atoms with E-state index in [0.29, 0.717) is 5.56 Å². The summed E-state index contributed by atoms with van der Waals surface area (Å²) in [6.45, 7) is 1.25. The number of carbonyl (C=O) groups excluding carboxylic acids is 2. The van der Waals surface area contributed by atoms with Crippen molar-refractivity contribution in [2.24, 2.45) is 0 Å². The van der Waals surface area contributed by atoms with Crippen molar-refractivity contribution in [3.05, 3.63) is 69.5 Å². The monoisotopic (exact) mass is 331 g/mol. The first-order valence-electron chi connectivity index (χ1n) is 6.96. The molecule has 0 bridgehead atoms. The van der Waals surface area contributed by atoms with Crippen LogP contribution in [0.3, 0.4) is 0 Å². The molecule has 0 radical (unpaired) electrons. The van der Waals surface area contributed by atoms with E-state index in [4.69, 9.17) is 0 Å². The lowest BCUT2D eigenvalue weighted by Crippen LogP contribution is -2.33. The number of amides is 2. The lowest BCUT2D eigenvalue weighted by Gasteiger charge is -2.10. The van der Waals surface area contributed by atoms with Crippen LogP contribution in [0.15, 0.2) is 42.5 Å². The van der Waals surface area contributed by atoms with E-state index in [1.165, 1.54) is 30.3 Å². The van der Waals surface area contributed by atoms with Crippen LogP contribution in [-0.4, -0.2) is 23.3 Å². The summed E-state index contributed by atoms with van der Waals surface area (Å²) in [7, 11) is 0. The lowest BCUT2D eigenvalue weighted by atomic mass is 10.2. The average molecular weight is 331 g/mol. The third-order valence-electron chi connectivity index (χ3n) is 3.22. The van der Waals surface area contributed by atoms with Gasteiger partial charge in [0.15, 0.2) is 0 Å². The number of benzene rings is 2. The Kier molecular flexibility index (Phi) is 5.20. The molecular weight excluding hydrogens is 317 g/mol. The first kappa shape index (κ1) is 17.1. The second kappa shape index (κ2) is 7.32. The van der Waals surface area contributed by atoms with Crippen molar-refractivity contribution < 1.29 is 18.9 Å². The third kappa shape index (κ3) is 4.13. The van der Waals surface area contributed by atoms with Gasteiger partial charge in [0.2, 0.25) is 5.91 Å². The molecule has 0 aliphatic heterocycles. The van der Waals surface area contributed by atoms with Gasteiger partial charge in [0.1, 0.15) is 5.82 Å². The normalized spacial score (nSPS) is 10.1. The minimum Gasteiger partial charge on any atom is -0.343 e. The summed E-state index contributed by atoms with van der Waals surface area (Å²) in [5, 5.41) is 15.4. The molecule has 0 unspecified atom stereocenters. The van der Waals surface area contributed by atoms with Crippen LogP contribution in [-0.2, 0) is 4.79 Å². The van der Waals surface area contributed by atoms with Gasteiger partial charge < -0.3 is 10.6 Å². The summed E-state index contributed by atoms with van der Waals surface area (Å²) >= 11 is 0. The van der Waals surface area contributed by atoms with Crippen LogP contribution in [0.5, 0.6) is 0 Å². The van der Waals surface area contributed by atoms with E-state index in [-0.39, 0.29) is 16.9 Å². The first-order valence-corrected chi connectivity index (χ1v) is 6.96.